The number of ether oxygens (including phenoxy) is 1. The highest BCUT2D eigenvalue weighted by atomic mass is 79.9. The van der Waals surface area contributed by atoms with E-state index in [1.165, 1.54) is 22.3 Å². The maximum atomic E-state index is 10.1. The lowest BCUT2D eigenvalue weighted by Gasteiger charge is -2.36. The van der Waals surface area contributed by atoms with Crippen LogP contribution >= 0.6 is 15.9 Å². The van der Waals surface area contributed by atoms with Gasteiger partial charge in [0.1, 0.15) is 5.76 Å². The quantitative estimate of drug-likeness (QED) is 0.807. The molecule has 0 fully saturated rings. The van der Waals surface area contributed by atoms with Gasteiger partial charge < -0.3 is 9.84 Å². The summed E-state index contributed by atoms with van der Waals surface area (Å²) in [5, 5.41) is 10.1. The van der Waals surface area contributed by atoms with Crippen LogP contribution in [0, 0.1) is 0 Å². The van der Waals surface area contributed by atoms with E-state index in [1.54, 1.807) is 0 Å². The lowest BCUT2D eigenvalue weighted by molar-refractivity contribution is -0.0809. The molecule has 2 atom stereocenters. The van der Waals surface area contributed by atoms with Crippen molar-refractivity contribution in [3.05, 3.63) is 75.5 Å². The average molecular weight is 357 g/mol. The van der Waals surface area contributed by atoms with Crippen molar-refractivity contribution in [3.63, 3.8) is 0 Å². The Morgan fingerprint density at radius 1 is 1.00 bits per heavy atom. The molecule has 1 aliphatic carbocycles. The van der Waals surface area contributed by atoms with E-state index in [0.29, 0.717) is 6.42 Å². The van der Waals surface area contributed by atoms with Gasteiger partial charge in [-0.05, 0) is 35.2 Å². The van der Waals surface area contributed by atoms with E-state index in [4.69, 9.17) is 4.74 Å². The lowest BCUT2D eigenvalue weighted by atomic mass is 9.77. The summed E-state index contributed by atoms with van der Waals surface area (Å²) in [5.74, 6) is 1.15. The summed E-state index contributed by atoms with van der Waals surface area (Å²) in [7, 11) is 0. The van der Waals surface area contributed by atoms with Gasteiger partial charge in [0.15, 0.2) is 6.29 Å². The molecule has 1 N–H and O–H groups in total. The molecule has 0 aromatic heterocycles. The molecule has 0 saturated heterocycles. The molecule has 4 rings (SSSR count). The average Bonchev–Trinajstić information content (AvgIpc) is 2.54. The molecule has 0 radical (unpaired) electrons. The molecule has 2 aromatic carbocycles. The summed E-state index contributed by atoms with van der Waals surface area (Å²) in [6.07, 6.45) is 1.75. The molecule has 22 heavy (non-hydrogen) atoms. The third-order valence-electron chi connectivity index (χ3n) is 4.57. The summed E-state index contributed by atoms with van der Waals surface area (Å²) in [5.41, 5.74) is 5.15. The standard InChI is InChI=1S/C19H17BrO2/c20-14-8-5-13(6-9-14)16-11-18(21)22-17-10-7-12-3-1-2-4-15(12)19(16)17/h1-6,8-9,16,18,21H,7,10-11H2/t16-,18?/m0/s1. The van der Waals surface area contributed by atoms with Crippen molar-refractivity contribution < 1.29 is 9.84 Å². The lowest BCUT2D eigenvalue weighted by Crippen LogP contribution is -2.26. The third kappa shape index (κ3) is 2.38. The molecule has 0 saturated carbocycles. The summed E-state index contributed by atoms with van der Waals surface area (Å²) < 4.78 is 6.82. The number of benzene rings is 2. The maximum absolute atomic E-state index is 10.1. The van der Waals surface area contributed by atoms with E-state index in [-0.39, 0.29) is 5.92 Å². The van der Waals surface area contributed by atoms with Crippen LogP contribution in [0.2, 0.25) is 0 Å². The molecule has 1 aliphatic heterocycles. The Balaban J connectivity index is 1.85. The summed E-state index contributed by atoms with van der Waals surface area (Å²) in [4.78, 5) is 0. The number of aliphatic hydroxyl groups excluding tert-OH is 1. The number of fused-ring (bicyclic) bond motifs is 2. The number of aryl methyl sites for hydroxylation is 1. The molecule has 0 spiro atoms. The molecular weight excluding hydrogens is 340 g/mol. The maximum Gasteiger partial charge on any atom is 0.197 e. The minimum atomic E-state index is -0.711. The Morgan fingerprint density at radius 2 is 1.77 bits per heavy atom. The highest BCUT2D eigenvalue weighted by molar-refractivity contribution is 9.10. The molecule has 3 heteroatoms. The fraction of sp³-hybridized carbons (Fsp3) is 0.263. The molecule has 1 heterocycles. The predicted molar refractivity (Wildman–Crippen MR) is 90.3 cm³/mol. The molecular formula is C19H17BrO2. The third-order valence-corrected chi connectivity index (χ3v) is 5.09. The number of hydrogen-bond donors (Lipinski definition) is 1. The van der Waals surface area contributed by atoms with Crippen LogP contribution in [0.4, 0.5) is 0 Å². The zero-order valence-electron chi connectivity index (χ0n) is 12.1. The van der Waals surface area contributed by atoms with E-state index >= 15 is 0 Å². The highest BCUT2D eigenvalue weighted by Gasteiger charge is 2.34. The van der Waals surface area contributed by atoms with Gasteiger partial charge in [0, 0.05) is 28.8 Å². The largest absolute Gasteiger partial charge is 0.469 e. The van der Waals surface area contributed by atoms with E-state index < -0.39 is 6.29 Å². The van der Waals surface area contributed by atoms with Gasteiger partial charge >= 0.3 is 0 Å². The molecule has 112 valence electrons. The van der Waals surface area contributed by atoms with Gasteiger partial charge in [-0.1, -0.05) is 52.3 Å². The van der Waals surface area contributed by atoms with Gasteiger partial charge in [-0.3, -0.25) is 0 Å². The topological polar surface area (TPSA) is 29.5 Å². The predicted octanol–water partition coefficient (Wildman–Crippen LogP) is 4.63. The fourth-order valence-corrected chi connectivity index (χ4v) is 3.83. The van der Waals surface area contributed by atoms with Crippen molar-refractivity contribution in [1.29, 1.82) is 0 Å². The Labute approximate surface area is 138 Å². The van der Waals surface area contributed by atoms with Crippen molar-refractivity contribution in [1.82, 2.24) is 0 Å². The zero-order valence-corrected chi connectivity index (χ0v) is 13.7. The summed E-state index contributed by atoms with van der Waals surface area (Å²) >= 11 is 3.49. The Kier molecular flexibility index (Phi) is 3.55. The molecule has 0 amide bonds. The minimum Gasteiger partial charge on any atom is -0.469 e. The van der Waals surface area contributed by atoms with Gasteiger partial charge in [0.05, 0.1) is 0 Å². The number of rotatable bonds is 1. The van der Waals surface area contributed by atoms with Crippen molar-refractivity contribution in [2.75, 3.05) is 0 Å². The second-order valence-corrected chi connectivity index (χ2v) is 6.82. The summed E-state index contributed by atoms with van der Waals surface area (Å²) in [6, 6.07) is 16.9. The second-order valence-electron chi connectivity index (χ2n) is 5.91. The van der Waals surface area contributed by atoms with Crippen molar-refractivity contribution in [2.45, 2.75) is 31.5 Å². The van der Waals surface area contributed by atoms with Gasteiger partial charge in [-0.2, -0.15) is 0 Å². The van der Waals surface area contributed by atoms with Gasteiger partial charge in [0.2, 0.25) is 0 Å². The van der Waals surface area contributed by atoms with Crippen molar-refractivity contribution in [2.24, 2.45) is 0 Å². The second kappa shape index (κ2) is 5.56. The van der Waals surface area contributed by atoms with Gasteiger partial charge in [-0.15, -0.1) is 0 Å². The van der Waals surface area contributed by atoms with Crippen LogP contribution in [-0.2, 0) is 11.2 Å². The van der Waals surface area contributed by atoms with Crippen LogP contribution in [-0.4, -0.2) is 11.4 Å². The van der Waals surface area contributed by atoms with E-state index in [1.807, 2.05) is 0 Å². The first-order chi connectivity index (χ1) is 10.7. The number of halogens is 1. The first-order valence-corrected chi connectivity index (χ1v) is 8.43. The monoisotopic (exact) mass is 356 g/mol. The van der Waals surface area contributed by atoms with E-state index in [9.17, 15) is 5.11 Å². The van der Waals surface area contributed by atoms with Crippen LogP contribution in [0.3, 0.4) is 0 Å². The Morgan fingerprint density at radius 3 is 2.59 bits per heavy atom. The van der Waals surface area contributed by atoms with Gasteiger partial charge in [-0.25, -0.2) is 0 Å². The fourth-order valence-electron chi connectivity index (χ4n) is 3.57. The van der Waals surface area contributed by atoms with Crippen LogP contribution < -0.4 is 0 Å². The van der Waals surface area contributed by atoms with Crippen molar-refractivity contribution >= 4 is 21.5 Å². The van der Waals surface area contributed by atoms with Gasteiger partial charge in [0.25, 0.3) is 0 Å². The van der Waals surface area contributed by atoms with Crippen LogP contribution in [0.25, 0.3) is 5.57 Å². The molecule has 0 bridgehead atoms. The number of allylic oxidation sites excluding steroid dienone is 2. The zero-order chi connectivity index (χ0) is 15.1. The van der Waals surface area contributed by atoms with E-state index in [2.05, 4.69) is 64.5 Å². The highest BCUT2D eigenvalue weighted by Crippen LogP contribution is 2.46. The molecule has 2 aromatic rings. The minimum absolute atomic E-state index is 0.188. The smallest absolute Gasteiger partial charge is 0.197 e. The van der Waals surface area contributed by atoms with Crippen LogP contribution in [0.5, 0.6) is 0 Å². The normalized spacial score (nSPS) is 23.5. The summed E-state index contributed by atoms with van der Waals surface area (Å²) in [6.45, 7) is 0. The Hall–Kier alpha value is -1.58. The Bertz CT molecular complexity index is 733. The van der Waals surface area contributed by atoms with Crippen molar-refractivity contribution in [3.8, 4) is 0 Å². The molecule has 2 aliphatic rings. The SMILES string of the molecule is OC1C[C@@H](c2ccc(Br)cc2)C2=C(CCc3ccccc32)O1. The van der Waals surface area contributed by atoms with Crippen LogP contribution in [0.1, 0.15) is 35.4 Å². The molecule has 1 unspecified atom stereocenters. The number of hydrogen-bond acceptors (Lipinski definition) is 2. The first-order valence-electron chi connectivity index (χ1n) is 7.64. The number of aliphatic hydroxyl groups is 1. The molecule has 2 nitrogen and oxygen atoms in total. The van der Waals surface area contributed by atoms with E-state index in [0.717, 1.165) is 23.1 Å². The first kappa shape index (κ1) is 14.0. The van der Waals surface area contributed by atoms with Crippen LogP contribution in [0.15, 0.2) is 58.8 Å².